The van der Waals surface area contributed by atoms with E-state index < -0.39 is 11.9 Å². The van der Waals surface area contributed by atoms with Crippen LogP contribution >= 0.6 is 23.2 Å². The van der Waals surface area contributed by atoms with Crippen LogP contribution in [-0.4, -0.2) is 110 Å². The number of amides is 4. The molecule has 2 saturated heterocycles. The SMILES string of the molecule is COc1cc(Nc2c(C#N)cnc3cc(OCCCN4CCN(C(=O)CCCCCCCCOc5cccc6c5CN(C5CCC(=O)NC5=O)C6=O)CC4)c(OC)cc23)c(Cl)cc1Cl. The highest BCUT2D eigenvalue weighted by Gasteiger charge is 2.40. The average Bonchev–Trinajstić information content (AvgIpc) is 3.63. The summed E-state index contributed by atoms with van der Waals surface area (Å²) >= 11 is 12.7. The maximum atomic E-state index is 13.1. The van der Waals surface area contributed by atoms with Gasteiger partial charge < -0.3 is 34.1 Å². The molecule has 3 aromatic carbocycles. The van der Waals surface area contributed by atoms with Gasteiger partial charge in [0, 0.05) is 80.4 Å². The van der Waals surface area contributed by atoms with Gasteiger partial charge in [0.1, 0.15) is 23.6 Å². The van der Waals surface area contributed by atoms with Crippen molar-refractivity contribution < 1.29 is 38.1 Å². The summed E-state index contributed by atoms with van der Waals surface area (Å²) in [5.74, 6) is 1.42. The quantitative estimate of drug-likeness (QED) is 0.0655. The van der Waals surface area contributed by atoms with Gasteiger partial charge in [0.25, 0.3) is 5.91 Å². The standard InChI is InChI=1S/C47H53Cl2N7O8/c1-61-40-26-37(34(48)24-35(40)49)52-45-30(27-50)28-51-36-25-42(41(62-2)23-32(36)45)64-22-10-16-54-17-19-55(20-18-54)44(58)13-7-5-3-4-6-8-21-63-39-12-9-11-31-33(39)29-56(47(31)60)38-14-15-43(57)53-46(38)59/h9,11-12,23-26,28,38H,3-8,10,13-22,29H2,1-2H3,(H,51,52)(H,53,57,59). The third-order valence-corrected chi connectivity index (χ3v) is 12.6. The molecule has 4 heterocycles. The molecule has 2 N–H and O–H groups in total. The number of unbranched alkanes of at least 4 members (excludes halogenated alkanes) is 5. The molecule has 2 fully saturated rings. The van der Waals surface area contributed by atoms with Gasteiger partial charge in [-0.1, -0.05) is 55.0 Å². The van der Waals surface area contributed by atoms with Gasteiger partial charge in [0.15, 0.2) is 11.5 Å². The van der Waals surface area contributed by atoms with Crippen LogP contribution in [0.4, 0.5) is 11.4 Å². The smallest absolute Gasteiger partial charge is 0.255 e. The molecule has 338 valence electrons. The van der Waals surface area contributed by atoms with Crippen LogP contribution in [0.2, 0.25) is 10.0 Å². The second-order valence-electron chi connectivity index (χ2n) is 16.1. The number of rotatable bonds is 20. The third kappa shape index (κ3) is 10.9. The molecule has 4 amide bonds. The maximum Gasteiger partial charge on any atom is 0.255 e. The van der Waals surface area contributed by atoms with E-state index in [1.54, 1.807) is 43.5 Å². The monoisotopic (exact) mass is 913 g/mol. The summed E-state index contributed by atoms with van der Waals surface area (Å²) in [6.07, 6.45) is 9.25. The van der Waals surface area contributed by atoms with Crippen LogP contribution in [0.1, 0.15) is 85.7 Å². The molecular weight excluding hydrogens is 861 g/mol. The number of ether oxygens (including phenoxy) is 4. The van der Waals surface area contributed by atoms with Gasteiger partial charge in [-0.2, -0.15) is 5.26 Å². The number of anilines is 2. The summed E-state index contributed by atoms with van der Waals surface area (Å²) in [7, 11) is 3.08. The number of halogens is 2. The Morgan fingerprint density at radius 2 is 1.61 bits per heavy atom. The fraction of sp³-hybridized carbons (Fsp3) is 0.447. The normalized spacial score (nSPS) is 16.4. The average molecular weight is 915 g/mol. The summed E-state index contributed by atoms with van der Waals surface area (Å²) in [6, 6.07) is 13.8. The zero-order chi connectivity index (χ0) is 45.2. The number of aromatic nitrogens is 1. The molecule has 0 bridgehead atoms. The molecule has 0 aliphatic carbocycles. The van der Waals surface area contributed by atoms with E-state index in [-0.39, 0.29) is 24.1 Å². The minimum Gasteiger partial charge on any atom is -0.495 e. The minimum absolute atomic E-state index is 0.207. The van der Waals surface area contributed by atoms with Gasteiger partial charge in [-0.15, -0.1) is 0 Å². The zero-order valence-corrected chi connectivity index (χ0v) is 37.7. The Morgan fingerprint density at radius 1 is 0.875 bits per heavy atom. The van der Waals surface area contributed by atoms with Gasteiger partial charge in [-0.3, -0.25) is 34.4 Å². The second-order valence-corrected chi connectivity index (χ2v) is 16.9. The number of hydrogen-bond donors (Lipinski definition) is 2. The highest BCUT2D eigenvalue weighted by Crippen LogP contribution is 2.41. The van der Waals surface area contributed by atoms with E-state index >= 15 is 0 Å². The van der Waals surface area contributed by atoms with E-state index in [4.69, 9.17) is 42.1 Å². The Labute approximate surface area is 382 Å². The fourth-order valence-corrected chi connectivity index (χ4v) is 8.92. The predicted octanol–water partition coefficient (Wildman–Crippen LogP) is 7.66. The second kappa shape index (κ2) is 21.7. The van der Waals surface area contributed by atoms with Crippen molar-refractivity contribution >= 4 is 69.1 Å². The number of hydrogen-bond acceptors (Lipinski definition) is 12. The number of nitrogens with zero attached hydrogens (tertiary/aromatic N) is 5. The van der Waals surface area contributed by atoms with Gasteiger partial charge >= 0.3 is 0 Å². The molecule has 0 radical (unpaired) electrons. The summed E-state index contributed by atoms with van der Waals surface area (Å²) in [5, 5.41) is 16.9. The van der Waals surface area contributed by atoms with Crippen molar-refractivity contribution in [3.63, 3.8) is 0 Å². The Bertz CT molecular complexity index is 2420. The van der Waals surface area contributed by atoms with Crippen molar-refractivity contribution in [2.75, 3.05) is 65.5 Å². The molecule has 0 spiro atoms. The number of fused-ring (bicyclic) bond motifs is 2. The van der Waals surface area contributed by atoms with Crippen LogP contribution in [0.25, 0.3) is 10.9 Å². The molecule has 1 unspecified atom stereocenters. The lowest BCUT2D eigenvalue weighted by atomic mass is 10.0. The van der Waals surface area contributed by atoms with Gasteiger partial charge in [0.2, 0.25) is 17.7 Å². The Balaban J connectivity index is 0.768. The van der Waals surface area contributed by atoms with Crippen LogP contribution in [0.15, 0.2) is 48.7 Å². The Morgan fingerprint density at radius 3 is 2.36 bits per heavy atom. The lowest BCUT2D eigenvalue weighted by molar-refractivity contribution is -0.137. The lowest BCUT2D eigenvalue weighted by Crippen LogP contribution is -2.52. The number of carbonyl (C=O) groups is 4. The number of pyridine rings is 1. The van der Waals surface area contributed by atoms with Crippen molar-refractivity contribution in [2.24, 2.45) is 0 Å². The lowest BCUT2D eigenvalue weighted by Gasteiger charge is -2.34. The number of nitriles is 1. The van der Waals surface area contributed by atoms with Crippen molar-refractivity contribution in [3.05, 3.63) is 75.4 Å². The van der Waals surface area contributed by atoms with E-state index in [0.717, 1.165) is 70.1 Å². The summed E-state index contributed by atoms with van der Waals surface area (Å²) < 4.78 is 23.3. The molecule has 1 aromatic heterocycles. The number of methoxy groups -OCH3 is 2. The molecule has 15 nitrogen and oxygen atoms in total. The van der Waals surface area contributed by atoms with E-state index in [2.05, 4.69) is 26.6 Å². The van der Waals surface area contributed by atoms with Crippen molar-refractivity contribution in [1.29, 1.82) is 5.26 Å². The first-order valence-corrected chi connectivity index (χ1v) is 22.6. The molecule has 0 saturated carbocycles. The van der Waals surface area contributed by atoms with E-state index in [9.17, 15) is 24.4 Å². The number of nitrogens with one attached hydrogen (secondary N) is 2. The number of imide groups is 1. The Hall–Kier alpha value is -5.82. The topological polar surface area (TPSA) is 176 Å². The third-order valence-electron chi connectivity index (χ3n) is 12.0. The number of benzene rings is 3. The van der Waals surface area contributed by atoms with Gasteiger partial charge in [-0.25, -0.2) is 0 Å². The highest BCUT2D eigenvalue weighted by atomic mass is 35.5. The van der Waals surface area contributed by atoms with Crippen molar-refractivity contribution in [3.8, 4) is 29.1 Å². The zero-order valence-electron chi connectivity index (χ0n) is 36.2. The van der Waals surface area contributed by atoms with Crippen molar-refractivity contribution in [1.82, 2.24) is 25.0 Å². The molecule has 4 aromatic rings. The van der Waals surface area contributed by atoms with E-state index in [1.165, 1.54) is 18.2 Å². The summed E-state index contributed by atoms with van der Waals surface area (Å²) in [5.41, 5.74) is 3.28. The molecule has 64 heavy (non-hydrogen) atoms. The maximum absolute atomic E-state index is 13.1. The van der Waals surface area contributed by atoms with Crippen molar-refractivity contribution in [2.45, 2.75) is 76.8 Å². The van der Waals surface area contributed by atoms with Crippen LogP contribution in [-0.2, 0) is 20.9 Å². The summed E-state index contributed by atoms with van der Waals surface area (Å²) in [4.78, 5) is 60.4. The number of carbonyl (C=O) groups excluding carboxylic acids is 4. The molecule has 3 aliphatic rings. The van der Waals surface area contributed by atoms with Crippen LogP contribution in [0, 0.1) is 11.3 Å². The fourth-order valence-electron chi connectivity index (χ4n) is 8.42. The number of piperazine rings is 1. The molecule has 1 atom stereocenters. The summed E-state index contributed by atoms with van der Waals surface area (Å²) in [6.45, 7) is 5.18. The van der Waals surface area contributed by atoms with Crippen LogP contribution in [0.5, 0.6) is 23.0 Å². The van der Waals surface area contributed by atoms with Gasteiger partial charge in [0.05, 0.1) is 66.5 Å². The predicted molar refractivity (Wildman–Crippen MR) is 243 cm³/mol. The van der Waals surface area contributed by atoms with Gasteiger partial charge in [-0.05, 0) is 49.9 Å². The minimum atomic E-state index is -0.652. The van der Waals surface area contributed by atoms with Crippen LogP contribution in [0.3, 0.4) is 0 Å². The van der Waals surface area contributed by atoms with Crippen LogP contribution < -0.4 is 29.6 Å². The first kappa shape index (κ1) is 46.2. The van der Waals surface area contributed by atoms with E-state index in [1.807, 2.05) is 11.0 Å². The first-order valence-electron chi connectivity index (χ1n) is 21.8. The molecule has 7 rings (SSSR count). The largest absolute Gasteiger partial charge is 0.495 e. The molecule has 17 heteroatoms. The molecular formula is C47H53Cl2N7O8. The van der Waals surface area contributed by atoms with E-state index in [0.29, 0.717) is 112 Å². The molecule has 3 aliphatic heterocycles. The number of piperidine rings is 1. The first-order chi connectivity index (χ1) is 31.1. The Kier molecular flexibility index (Phi) is 15.7. The highest BCUT2D eigenvalue weighted by molar-refractivity contribution is 6.37.